The Kier molecular flexibility index (Phi) is 15.7. The fraction of sp³-hybridized carbons (Fsp3) is 0.606. The van der Waals surface area contributed by atoms with Crippen LogP contribution < -0.4 is 4.74 Å². The van der Waals surface area contributed by atoms with E-state index >= 15 is 0 Å². The van der Waals surface area contributed by atoms with Crippen LogP contribution >= 0.6 is 0 Å². The van der Waals surface area contributed by atoms with Gasteiger partial charge in [-0.3, -0.25) is 4.79 Å². The first-order chi connectivity index (χ1) is 18.0. The van der Waals surface area contributed by atoms with Crippen molar-refractivity contribution < 1.29 is 18.8 Å². The van der Waals surface area contributed by atoms with Gasteiger partial charge in [0, 0.05) is 5.56 Å². The van der Waals surface area contributed by atoms with Gasteiger partial charge in [-0.25, -0.2) is 0 Å². The van der Waals surface area contributed by atoms with E-state index in [1.807, 2.05) is 18.2 Å². The average molecular weight is 511 g/mol. The number of unbranched alkanes of at least 4 members (excludes halogenated alkanes) is 10. The third kappa shape index (κ3) is 15.5. The van der Waals surface area contributed by atoms with Crippen molar-refractivity contribution >= 4 is 5.97 Å². The summed E-state index contributed by atoms with van der Waals surface area (Å²) < 4.78 is 11.9. The van der Waals surface area contributed by atoms with Crippen molar-refractivity contribution in [2.45, 2.75) is 96.9 Å². The Bertz CT molecular complexity index is 832. The molecular formula is C33H52NO3+. The van der Waals surface area contributed by atoms with E-state index in [1.54, 1.807) is 0 Å². The van der Waals surface area contributed by atoms with Crippen LogP contribution in [-0.4, -0.2) is 44.3 Å². The zero-order valence-electron chi connectivity index (χ0n) is 23.9. The maximum absolute atomic E-state index is 12.2. The van der Waals surface area contributed by atoms with Gasteiger partial charge in [0.15, 0.2) is 0 Å². The molecule has 0 saturated heterocycles. The summed E-state index contributed by atoms with van der Waals surface area (Å²) in [6, 6.07) is 18.7. The number of rotatable bonds is 21. The Morgan fingerprint density at radius 3 is 1.92 bits per heavy atom. The summed E-state index contributed by atoms with van der Waals surface area (Å²) >= 11 is 0. The second-order valence-electron chi connectivity index (χ2n) is 11.1. The van der Waals surface area contributed by atoms with E-state index in [4.69, 9.17) is 9.47 Å². The number of benzene rings is 2. The number of aryl methyl sites for hydroxylation is 1. The monoisotopic (exact) mass is 510 g/mol. The number of hydrogen-bond donors (Lipinski definition) is 0. The van der Waals surface area contributed by atoms with Crippen LogP contribution in [0, 0.1) is 0 Å². The van der Waals surface area contributed by atoms with Crippen molar-refractivity contribution in [3.63, 3.8) is 0 Å². The fourth-order valence-corrected chi connectivity index (χ4v) is 4.68. The van der Waals surface area contributed by atoms with Crippen LogP contribution in [-0.2, 0) is 22.5 Å². The highest BCUT2D eigenvalue weighted by atomic mass is 16.6. The fourth-order valence-electron chi connectivity index (χ4n) is 4.68. The minimum absolute atomic E-state index is 0.162. The van der Waals surface area contributed by atoms with E-state index in [9.17, 15) is 4.79 Å². The van der Waals surface area contributed by atoms with Crippen LogP contribution in [0.15, 0.2) is 54.6 Å². The van der Waals surface area contributed by atoms with E-state index < -0.39 is 0 Å². The molecule has 0 aromatic heterocycles. The molecule has 0 N–H and O–H groups in total. The van der Waals surface area contributed by atoms with Crippen LogP contribution in [0.1, 0.15) is 95.1 Å². The highest BCUT2D eigenvalue weighted by molar-refractivity contribution is 5.69. The molecule has 4 nitrogen and oxygen atoms in total. The molecule has 0 spiro atoms. The first-order valence-electron chi connectivity index (χ1n) is 14.7. The summed E-state index contributed by atoms with van der Waals surface area (Å²) in [5.74, 6) is 0.671. The Morgan fingerprint density at radius 1 is 0.703 bits per heavy atom. The van der Waals surface area contributed by atoms with Crippen LogP contribution in [0.2, 0.25) is 0 Å². The van der Waals surface area contributed by atoms with E-state index in [2.05, 4.69) is 57.4 Å². The average Bonchev–Trinajstić information content (AvgIpc) is 2.90. The van der Waals surface area contributed by atoms with Gasteiger partial charge in [-0.15, -0.1) is 0 Å². The summed E-state index contributed by atoms with van der Waals surface area (Å²) in [6.07, 6.45) is 16.7. The smallest absolute Gasteiger partial charge is 0.311 e. The maximum Gasteiger partial charge on any atom is 0.311 e. The second-order valence-corrected chi connectivity index (χ2v) is 11.1. The third-order valence-corrected chi connectivity index (χ3v) is 6.98. The zero-order valence-corrected chi connectivity index (χ0v) is 23.9. The zero-order chi connectivity index (χ0) is 26.6. The highest BCUT2D eigenvalue weighted by Gasteiger charge is 2.18. The van der Waals surface area contributed by atoms with Crippen LogP contribution in [0.5, 0.6) is 5.75 Å². The molecule has 0 aliphatic heterocycles. The summed E-state index contributed by atoms with van der Waals surface area (Å²) in [5.41, 5.74) is 2.64. The largest absolute Gasteiger partial charge is 0.490 e. The molecule has 0 fully saturated rings. The lowest BCUT2D eigenvalue weighted by Gasteiger charge is -2.29. The summed E-state index contributed by atoms with van der Waals surface area (Å²) in [6.45, 7) is 4.58. The van der Waals surface area contributed by atoms with Gasteiger partial charge in [0.05, 0.1) is 27.1 Å². The predicted octanol–water partition coefficient (Wildman–Crippen LogP) is 8.13. The standard InChI is InChI=1S/C33H52NO3/c1-4-5-6-7-8-9-10-11-12-13-15-18-30-21-23-32(24-22-30)36-27-28-37-33(35)25-26-34(2,3)29-31-19-16-14-17-20-31/h14,16-17,19-24H,4-13,15,18,25-29H2,1-3H3/q+1. The molecule has 4 heteroatoms. The SMILES string of the molecule is CCCCCCCCCCCCCc1ccc(OCCOC(=O)CC[N+](C)(C)Cc2ccccc2)cc1. The lowest BCUT2D eigenvalue weighted by atomic mass is 10.0. The number of nitrogens with zero attached hydrogens (tertiary/aromatic N) is 1. The quantitative estimate of drug-likeness (QED) is 0.0966. The van der Waals surface area contributed by atoms with Gasteiger partial charge >= 0.3 is 5.97 Å². The predicted molar refractivity (Wildman–Crippen MR) is 155 cm³/mol. The normalized spacial score (nSPS) is 11.4. The van der Waals surface area contributed by atoms with Gasteiger partial charge in [-0.2, -0.15) is 0 Å². The molecule has 0 amide bonds. The Balaban J connectivity index is 1.47. The van der Waals surface area contributed by atoms with Crippen LogP contribution in [0.4, 0.5) is 0 Å². The number of esters is 1. The van der Waals surface area contributed by atoms with Gasteiger partial charge in [0.25, 0.3) is 0 Å². The minimum Gasteiger partial charge on any atom is -0.490 e. The van der Waals surface area contributed by atoms with Crippen molar-refractivity contribution in [2.24, 2.45) is 0 Å². The molecule has 0 aliphatic rings. The Hall–Kier alpha value is -2.33. The molecule has 0 atom stereocenters. The Labute approximate surface area is 227 Å². The van der Waals surface area contributed by atoms with Gasteiger partial charge < -0.3 is 14.0 Å². The molecule has 206 valence electrons. The van der Waals surface area contributed by atoms with Crippen molar-refractivity contribution in [2.75, 3.05) is 33.9 Å². The topological polar surface area (TPSA) is 35.5 Å². The molecular weight excluding hydrogens is 458 g/mol. The second kappa shape index (κ2) is 18.8. The van der Waals surface area contributed by atoms with Crippen molar-refractivity contribution in [1.29, 1.82) is 0 Å². The van der Waals surface area contributed by atoms with E-state index in [-0.39, 0.29) is 12.6 Å². The van der Waals surface area contributed by atoms with Gasteiger partial charge in [-0.05, 0) is 30.5 Å². The summed E-state index contributed by atoms with van der Waals surface area (Å²) in [7, 11) is 4.29. The first kappa shape index (κ1) is 30.9. The molecule has 0 saturated carbocycles. The van der Waals surface area contributed by atoms with E-state index in [1.165, 1.54) is 81.8 Å². The molecule has 37 heavy (non-hydrogen) atoms. The molecule has 0 bridgehead atoms. The molecule has 0 radical (unpaired) electrons. The minimum atomic E-state index is -0.162. The summed E-state index contributed by atoms with van der Waals surface area (Å²) in [4.78, 5) is 12.2. The maximum atomic E-state index is 12.2. The highest BCUT2D eigenvalue weighted by Crippen LogP contribution is 2.16. The lowest BCUT2D eigenvalue weighted by molar-refractivity contribution is -0.903. The van der Waals surface area contributed by atoms with Crippen LogP contribution in [0.25, 0.3) is 0 Å². The molecule has 0 heterocycles. The van der Waals surface area contributed by atoms with Gasteiger partial charge in [0.1, 0.15) is 25.5 Å². The Morgan fingerprint density at radius 2 is 1.30 bits per heavy atom. The number of quaternary nitrogens is 1. The first-order valence-corrected chi connectivity index (χ1v) is 14.7. The van der Waals surface area contributed by atoms with E-state index in [0.717, 1.165) is 29.7 Å². The lowest BCUT2D eigenvalue weighted by Crippen LogP contribution is -2.40. The van der Waals surface area contributed by atoms with Crippen molar-refractivity contribution in [1.82, 2.24) is 0 Å². The number of ether oxygens (including phenoxy) is 2. The number of carbonyl (C=O) groups is 1. The third-order valence-electron chi connectivity index (χ3n) is 6.98. The summed E-state index contributed by atoms with van der Waals surface area (Å²) in [5, 5.41) is 0. The molecule has 0 aliphatic carbocycles. The van der Waals surface area contributed by atoms with Gasteiger partial charge in [-0.1, -0.05) is 114 Å². The number of carbonyl (C=O) groups excluding carboxylic acids is 1. The van der Waals surface area contributed by atoms with Crippen LogP contribution in [0.3, 0.4) is 0 Å². The molecule has 2 aromatic carbocycles. The molecule has 2 rings (SSSR count). The number of hydrogen-bond acceptors (Lipinski definition) is 3. The van der Waals surface area contributed by atoms with Crippen molar-refractivity contribution in [3.05, 3.63) is 65.7 Å². The molecule has 2 aromatic rings. The van der Waals surface area contributed by atoms with Gasteiger partial charge in [0.2, 0.25) is 0 Å². The van der Waals surface area contributed by atoms with E-state index in [0.29, 0.717) is 13.0 Å². The van der Waals surface area contributed by atoms with Crippen molar-refractivity contribution in [3.8, 4) is 5.75 Å². The molecule has 0 unspecified atom stereocenters.